The summed E-state index contributed by atoms with van der Waals surface area (Å²) in [6.45, 7) is 5.84. The highest BCUT2D eigenvalue weighted by atomic mass is 16.7. The van der Waals surface area contributed by atoms with E-state index >= 15 is 0 Å². The molecule has 410 valence electrons. The average molecular weight is 1000 g/mol. The minimum absolute atomic E-state index is 0.0634. The molecular weight excluding hydrogens is 901 g/mol. The van der Waals surface area contributed by atoms with Crippen LogP contribution in [0.5, 0.6) is 0 Å². The first-order valence-electron chi connectivity index (χ1n) is 28.6. The summed E-state index contributed by atoms with van der Waals surface area (Å²) in [5.74, 6) is -3.12. The predicted molar refractivity (Wildman–Crippen MR) is 285 cm³/mol. The maximum absolute atomic E-state index is 13.0. The van der Waals surface area contributed by atoms with E-state index in [9.17, 15) is 34.5 Å². The minimum atomic E-state index is -1.90. The molecule has 1 saturated heterocycles. The maximum atomic E-state index is 13.0. The number of hydrogen-bond acceptors (Lipinski definition) is 11. The number of aliphatic hydroxyl groups excluding tert-OH is 2. The molecule has 1 fully saturated rings. The van der Waals surface area contributed by atoms with E-state index in [2.05, 4.69) is 69.4 Å². The fraction of sp³-hybridized carbons (Fsp3) is 0.797. The van der Waals surface area contributed by atoms with Crippen molar-refractivity contribution in [2.24, 2.45) is 0 Å². The number of carboxylic acids is 1. The van der Waals surface area contributed by atoms with Crippen molar-refractivity contribution in [3.05, 3.63) is 48.6 Å². The molecule has 12 heteroatoms. The first kappa shape index (κ1) is 65.7. The lowest BCUT2D eigenvalue weighted by Gasteiger charge is -2.40. The Morgan fingerprint density at radius 2 is 0.887 bits per heavy atom. The Kier molecular flexibility index (Phi) is 44.1. The summed E-state index contributed by atoms with van der Waals surface area (Å²) < 4.78 is 28.3. The van der Waals surface area contributed by atoms with Crippen molar-refractivity contribution in [2.75, 3.05) is 13.2 Å². The standard InChI is InChI=1S/C59H102O12/c1-4-7-10-13-16-19-21-23-24-25-26-27-28-30-31-34-36-39-42-45-51(60)67-48-50(69-52(61)46-43-40-37-33-18-15-12-9-6-3)49-68-59-57(55(64)54(63)56(71-59)58(65)66)70-53(62)47-44-41-38-35-32-29-22-20-17-14-11-8-5-2/h7,10,16,19,23-24,26-27,50,54-57,59,63-64H,4-6,8-9,11-15,17-18,20-22,25,28-49H2,1-3H3,(H,65,66)/b10-7-,19-16-,24-23-,27-26-. The summed E-state index contributed by atoms with van der Waals surface area (Å²) in [6, 6.07) is 0. The fourth-order valence-electron chi connectivity index (χ4n) is 8.54. The van der Waals surface area contributed by atoms with Gasteiger partial charge in [0.2, 0.25) is 0 Å². The monoisotopic (exact) mass is 1000 g/mol. The van der Waals surface area contributed by atoms with Crippen LogP contribution in [-0.2, 0) is 42.9 Å². The Morgan fingerprint density at radius 1 is 0.479 bits per heavy atom. The summed E-state index contributed by atoms with van der Waals surface area (Å²) in [4.78, 5) is 50.9. The minimum Gasteiger partial charge on any atom is -0.479 e. The third-order valence-electron chi connectivity index (χ3n) is 12.9. The van der Waals surface area contributed by atoms with Gasteiger partial charge >= 0.3 is 23.9 Å². The van der Waals surface area contributed by atoms with Gasteiger partial charge in [0.15, 0.2) is 24.6 Å². The molecule has 1 aliphatic heterocycles. The molecule has 1 heterocycles. The van der Waals surface area contributed by atoms with Crippen molar-refractivity contribution in [3.8, 4) is 0 Å². The van der Waals surface area contributed by atoms with Gasteiger partial charge < -0.3 is 39.0 Å². The van der Waals surface area contributed by atoms with E-state index in [1.807, 2.05) is 0 Å². The fourth-order valence-corrected chi connectivity index (χ4v) is 8.54. The molecule has 0 bridgehead atoms. The van der Waals surface area contributed by atoms with Gasteiger partial charge in [0.25, 0.3) is 0 Å². The molecule has 6 unspecified atom stereocenters. The van der Waals surface area contributed by atoms with E-state index in [1.54, 1.807) is 0 Å². The zero-order chi connectivity index (χ0) is 51.8. The summed E-state index contributed by atoms with van der Waals surface area (Å²) in [5, 5.41) is 31.4. The van der Waals surface area contributed by atoms with E-state index in [4.69, 9.17) is 23.7 Å². The average Bonchev–Trinajstić information content (AvgIpc) is 3.35. The number of carbonyl (C=O) groups excluding carboxylic acids is 3. The topological polar surface area (TPSA) is 175 Å². The van der Waals surface area contributed by atoms with E-state index in [0.29, 0.717) is 19.3 Å². The Labute approximate surface area is 431 Å². The Hall–Kier alpha value is -3.32. The number of carbonyl (C=O) groups is 4. The highest BCUT2D eigenvalue weighted by Gasteiger charge is 2.50. The van der Waals surface area contributed by atoms with Gasteiger partial charge in [-0.2, -0.15) is 0 Å². The maximum Gasteiger partial charge on any atom is 0.335 e. The third-order valence-corrected chi connectivity index (χ3v) is 12.9. The number of unbranched alkanes of at least 4 members (excludes halogenated alkanes) is 26. The first-order valence-corrected chi connectivity index (χ1v) is 28.6. The highest BCUT2D eigenvalue weighted by Crippen LogP contribution is 2.26. The van der Waals surface area contributed by atoms with Gasteiger partial charge in [0.05, 0.1) is 6.61 Å². The van der Waals surface area contributed by atoms with Crippen molar-refractivity contribution < 1.29 is 58.2 Å². The molecule has 3 N–H and O–H groups in total. The van der Waals surface area contributed by atoms with E-state index in [0.717, 1.165) is 109 Å². The lowest BCUT2D eigenvalue weighted by molar-refractivity contribution is -0.301. The Bertz CT molecular complexity index is 1420. The number of aliphatic carboxylic acids is 1. The number of ether oxygens (including phenoxy) is 5. The Morgan fingerprint density at radius 3 is 1.35 bits per heavy atom. The summed E-state index contributed by atoms with van der Waals surface area (Å²) in [5.41, 5.74) is 0. The lowest BCUT2D eigenvalue weighted by Crippen LogP contribution is -2.61. The number of allylic oxidation sites excluding steroid dienone is 8. The van der Waals surface area contributed by atoms with E-state index in [1.165, 1.54) is 83.5 Å². The zero-order valence-corrected chi connectivity index (χ0v) is 45.0. The molecule has 0 aromatic carbocycles. The van der Waals surface area contributed by atoms with Crippen LogP contribution in [0.2, 0.25) is 0 Å². The molecule has 0 radical (unpaired) electrons. The van der Waals surface area contributed by atoms with Crippen LogP contribution in [-0.4, -0.2) is 89.2 Å². The SMILES string of the molecule is CC/C=C\C/C=C\C/C=C\C/C=C\CCCCCCCCC(=O)OCC(COC1OC(C(=O)O)C(O)C(O)C1OC(=O)CCCCCCCCCCCCCCC)OC(=O)CCCCCCCCCCC. The second-order valence-electron chi connectivity index (χ2n) is 19.6. The third kappa shape index (κ3) is 38.0. The first-order chi connectivity index (χ1) is 34.6. The number of carboxylic acid groups (broad SMARTS) is 1. The van der Waals surface area contributed by atoms with Gasteiger partial charge in [0.1, 0.15) is 18.8 Å². The van der Waals surface area contributed by atoms with Crippen molar-refractivity contribution >= 4 is 23.9 Å². The van der Waals surface area contributed by atoms with E-state index < -0.39 is 67.3 Å². The number of rotatable bonds is 48. The smallest absolute Gasteiger partial charge is 0.335 e. The molecule has 0 aliphatic carbocycles. The second kappa shape index (κ2) is 47.7. The molecule has 0 aromatic rings. The quantitative estimate of drug-likeness (QED) is 0.0228. The van der Waals surface area contributed by atoms with Gasteiger partial charge in [-0.1, -0.05) is 223 Å². The van der Waals surface area contributed by atoms with Crippen molar-refractivity contribution in [1.29, 1.82) is 0 Å². The van der Waals surface area contributed by atoms with Crippen LogP contribution >= 0.6 is 0 Å². The van der Waals surface area contributed by atoms with Crippen molar-refractivity contribution in [3.63, 3.8) is 0 Å². The summed E-state index contributed by atoms with van der Waals surface area (Å²) in [6.07, 6.45) is 43.8. The van der Waals surface area contributed by atoms with Gasteiger partial charge in [-0.25, -0.2) is 4.79 Å². The van der Waals surface area contributed by atoms with Gasteiger partial charge in [0, 0.05) is 19.3 Å². The van der Waals surface area contributed by atoms with Crippen LogP contribution in [0.25, 0.3) is 0 Å². The molecule has 6 atom stereocenters. The summed E-state index contributed by atoms with van der Waals surface area (Å²) in [7, 11) is 0. The van der Waals surface area contributed by atoms with Crippen LogP contribution in [0.15, 0.2) is 48.6 Å². The molecule has 1 rings (SSSR count). The predicted octanol–water partition coefficient (Wildman–Crippen LogP) is 14.2. The largest absolute Gasteiger partial charge is 0.479 e. The number of aliphatic hydroxyl groups is 2. The molecule has 0 amide bonds. The van der Waals surface area contributed by atoms with E-state index in [-0.39, 0.29) is 25.9 Å². The van der Waals surface area contributed by atoms with Gasteiger partial charge in [-0.3, -0.25) is 14.4 Å². The second-order valence-corrected chi connectivity index (χ2v) is 19.6. The van der Waals surface area contributed by atoms with Crippen LogP contribution < -0.4 is 0 Å². The molecule has 0 saturated carbocycles. The molecule has 0 aromatic heterocycles. The van der Waals surface area contributed by atoms with Crippen LogP contribution in [0.1, 0.15) is 252 Å². The zero-order valence-electron chi connectivity index (χ0n) is 45.0. The van der Waals surface area contributed by atoms with Crippen molar-refractivity contribution in [2.45, 2.75) is 289 Å². The molecule has 71 heavy (non-hydrogen) atoms. The lowest BCUT2D eigenvalue weighted by atomic mass is 9.98. The summed E-state index contributed by atoms with van der Waals surface area (Å²) >= 11 is 0. The van der Waals surface area contributed by atoms with Crippen LogP contribution in [0, 0.1) is 0 Å². The van der Waals surface area contributed by atoms with Gasteiger partial charge in [-0.15, -0.1) is 0 Å². The normalized spacial score (nSPS) is 18.8. The molecule has 12 nitrogen and oxygen atoms in total. The Balaban J connectivity index is 2.65. The highest BCUT2D eigenvalue weighted by molar-refractivity contribution is 5.74. The molecular formula is C59H102O12. The van der Waals surface area contributed by atoms with Gasteiger partial charge in [-0.05, 0) is 57.8 Å². The van der Waals surface area contributed by atoms with Crippen LogP contribution in [0.4, 0.5) is 0 Å². The van der Waals surface area contributed by atoms with Crippen molar-refractivity contribution in [1.82, 2.24) is 0 Å². The molecule has 0 spiro atoms. The number of esters is 3. The number of hydrogen-bond donors (Lipinski definition) is 3. The van der Waals surface area contributed by atoms with Crippen LogP contribution in [0.3, 0.4) is 0 Å². The molecule has 1 aliphatic rings.